The molecule has 0 atom stereocenters. The zero-order chi connectivity index (χ0) is 14.5. The van der Waals surface area contributed by atoms with Crippen LogP contribution in [0.15, 0.2) is 18.2 Å². The van der Waals surface area contributed by atoms with Crippen LogP contribution in [0.25, 0.3) is 0 Å². The monoisotopic (exact) mass is 276 g/mol. The summed E-state index contributed by atoms with van der Waals surface area (Å²) >= 11 is 0. The lowest BCUT2D eigenvalue weighted by Gasteiger charge is -2.14. The number of methoxy groups -OCH3 is 1. The number of rotatable bonds is 7. The van der Waals surface area contributed by atoms with E-state index in [4.69, 9.17) is 9.84 Å². The summed E-state index contributed by atoms with van der Waals surface area (Å²) in [5.74, 6) is -2.94. The molecule has 0 spiro atoms. The number of alkyl halides is 2. The summed E-state index contributed by atoms with van der Waals surface area (Å²) in [6.45, 7) is -1.96. The molecule has 0 saturated carbocycles. The molecule has 106 valence electrons. The number of aliphatic hydroxyl groups excluding tert-OH is 1. The maximum atomic E-state index is 12.8. The first-order valence-electron chi connectivity index (χ1n) is 5.40. The Morgan fingerprint density at radius 1 is 1.47 bits per heavy atom. The standard InChI is InChI=1S/C11H14F2N2O4/c1-19-10-3-8(2-9(4-10)15(17)18)5-14-6-11(12,13)7-16/h2-4,14,16H,5-7H2,1H3. The fourth-order valence-electron chi connectivity index (χ4n) is 1.41. The number of hydrogen-bond acceptors (Lipinski definition) is 5. The van der Waals surface area contributed by atoms with Gasteiger partial charge in [0.1, 0.15) is 12.4 Å². The molecule has 6 nitrogen and oxygen atoms in total. The molecule has 0 amide bonds. The zero-order valence-electron chi connectivity index (χ0n) is 10.2. The van der Waals surface area contributed by atoms with Crippen LogP contribution >= 0.6 is 0 Å². The first-order chi connectivity index (χ1) is 8.88. The molecule has 0 aromatic heterocycles. The second-order valence-electron chi connectivity index (χ2n) is 3.91. The molecule has 1 aromatic rings. The summed E-state index contributed by atoms with van der Waals surface area (Å²) in [7, 11) is 1.36. The molecule has 0 aliphatic rings. The molecule has 0 aliphatic carbocycles. The van der Waals surface area contributed by atoms with Crippen LogP contribution in [0.2, 0.25) is 0 Å². The van der Waals surface area contributed by atoms with Crippen molar-refractivity contribution in [1.29, 1.82) is 0 Å². The third kappa shape index (κ3) is 4.76. The molecule has 0 heterocycles. The quantitative estimate of drug-likeness (QED) is 0.579. The Kier molecular flexibility index (Phi) is 5.13. The van der Waals surface area contributed by atoms with Gasteiger partial charge < -0.3 is 15.2 Å². The highest BCUT2D eigenvalue weighted by Gasteiger charge is 2.26. The van der Waals surface area contributed by atoms with Gasteiger partial charge in [0.25, 0.3) is 11.6 Å². The van der Waals surface area contributed by atoms with Crippen LogP contribution in [0.1, 0.15) is 5.56 Å². The highest BCUT2D eigenvalue weighted by molar-refractivity contribution is 5.42. The van der Waals surface area contributed by atoms with Gasteiger partial charge in [0.15, 0.2) is 0 Å². The van der Waals surface area contributed by atoms with E-state index in [1.165, 1.54) is 25.3 Å². The molecule has 2 N–H and O–H groups in total. The van der Waals surface area contributed by atoms with Crippen molar-refractivity contribution in [2.75, 3.05) is 20.3 Å². The Morgan fingerprint density at radius 2 is 2.16 bits per heavy atom. The van der Waals surface area contributed by atoms with Crippen LogP contribution < -0.4 is 10.1 Å². The highest BCUT2D eigenvalue weighted by atomic mass is 19.3. The van der Waals surface area contributed by atoms with Crippen LogP contribution in [0.4, 0.5) is 14.5 Å². The lowest BCUT2D eigenvalue weighted by Crippen LogP contribution is -2.35. The lowest BCUT2D eigenvalue weighted by atomic mass is 10.2. The van der Waals surface area contributed by atoms with Crippen LogP contribution in [-0.4, -0.2) is 36.2 Å². The fraction of sp³-hybridized carbons (Fsp3) is 0.455. The Hall–Kier alpha value is -1.80. The maximum Gasteiger partial charge on any atom is 0.282 e. The number of nitrogens with zero attached hydrogens (tertiary/aromatic N) is 1. The van der Waals surface area contributed by atoms with Crippen molar-refractivity contribution in [2.45, 2.75) is 12.5 Å². The minimum atomic E-state index is -3.22. The van der Waals surface area contributed by atoms with Crippen molar-refractivity contribution in [3.05, 3.63) is 33.9 Å². The van der Waals surface area contributed by atoms with E-state index < -0.39 is 24.0 Å². The Bertz CT molecular complexity index is 454. The summed E-state index contributed by atoms with van der Waals surface area (Å²) in [6, 6.07) is 4.02. The van der Waals surface area contributed by atoms with E-state index in [0.29, 0.717) is 5.56 Å². The van der Waals surface area contributed by atoms with E-state index >= 15 is 0 Å². The fourth-order valence-corrected chi connectivity index (χ4v) is 1.41. The molecule has 19 heavy (non-hydrogen) atoms. The van der Waals surface area contributed by atoms with Crippen LogP contribution in [-0.2, 0) is 6.54 Å². The average molecular weight is 276 g/mol. The zero-order valence-corrected chi connectivity index (χ0v) is 10.2. The maximum absolute atomic E-state index is 12.8. The minimum Gasteiger partial charge on any atom is -0.496 e. The van der Waals surface area contributed by atoms with E-state index in [9.17, 15) is 18.9 Å². The summed E-state index contributed by atoms with van der Waals surface area (Å²) in [6.07, 6.45) is 0. The molecule has 0 aliphatic heterocycles. The average Bonchev–Trinajstić information content (AvgIpc) is 2.38. The lowest BCUT2D eigenvalue weighted by molar-refractivity contribution is -0.385. The van der Waals surface area contributed by atoms with Gasteiger partial charge in [-0.15, -0.1) is 0 Å². The first kappa shape index (κ1) is 15.3. The van der Waals surface area contributed by atoms with E-state index in [0.717, 1.165) is 0 Å². The van der Waals surface area contributed by atoms with Crippen molar-refractivity contribution in [3.8, 4) is 5.75 Å². The van der Waals surface area contributed by atoms with Crippen LogP contribution in [0.3, 0.4) is 0 Å². The molecule has 0 saturated heterocycles. The Labute approximate surface area is 108 Å². The minimum absolute atomic E-state index is 0.00757. The number of non-ortho nitro benzene ring substituents is 1. The summed E-state index contributed by atoms with van der Waals surface area (Å²) in [5.41, 5.74) is 0.268. The SMILES string of the molecule is COc1cc(CNCC(F)(F)CO)cc([N+](=O)[O-])c1. The van der Waals surface area contributed by atoms with Crippen molar-refractivity contribution in [2.24, 2.45) is 0 Å². The van der Waals surface area contributed by atoms with E-state index in [2.05, 4.69) is 5.32 Å². The number of nitro benzene ring substituents is 1. The first-order valence-corrected chi connectivity index (χ1v) is 5.40. The third-order valence-corrected chi connectivity index (χ3v) is 2.34. The molecule has 0 bridgehead atoms. The summed E-state index contributed by atoms with van der Waals surface area (Å²) in [4.78, 5) is 10.1. The normalized spacial score (nSPS) is 11.4. The number of benzene rings is 1. The smallest absolute Gasteiger partial charge is 0.282 e. The van der Waals surface area contributed by atoms with Gasteiger partial charge in [0.2, 0.25) is 0 Å². The van der Waals surface area contributed by atoms with Crippen LogP contribution in [0, 0.1) is 10.1 Å². The van der Waals surface area contributed by atoms with Gasteiger partial charge in [-0.25, -0.2) is 8.78 Å². The number of ether oxygens (including phenoxy) is 1. The van der Waals surface area contributed by atoms with Gasteiger partial charge in [-0.2, -0.15) is 0 Å². The predicted molar refractivity (Wildman–Crippen MR) is 63.4 cm³/mol. The Morgan fingerprint density at radius 3 is 2.68 bits per heavy atom. The van der Waals surface area contributed by atoms with Gasteiger partial charge in [0, 0.05) is 12.6 Å². The largest absolute Gasteiger partial charge is 0.496 e. The molecular weight excluding hydrogens is 262 g/mol. The molecular formula is C11H14F2N2O4. The van der Waals surface area contributed by atoms with Crippen molar-refractivity contribution in [1.82, 2.24) is 5.32 Å². The van der Waals surface area contributed by atoms with Gasteiger partial charge in [0.05, 0.1) is 24.6 Å². The van der Waals surface area contributed by atoms with Crippen LogP contribution in [0.5, 0.6) is 5.75 Å². The summed E-state index contributed by atoms with van der Waals surface area (Å²) < 4.78 is 30.4. The Balaban J connectivity index is 2.72. The molecule has 1 aromatic carbocycles. The second kappa shape index (κ2) is 6.39. The number of hydrogen-bond donors (Lipinski definition) is 2. The van der Waals surface area contributed by atoms with E-state index in [1.807, 2.05) is 0 Å². The van der Waals surface area contributed by atoms with E-state index in [-0.39, 0.29) is 18.0 Å². The third-order valence-electron chi connectivity index (χ3n) is 2.34. The van der Waals surface area contributed by atoms with Gasteiger partial charge in [-0.05, 0) is 11.6 Å². The van der Waals surface area contributed by atoms with Gasteiger partial charge >= 0.3 is 0 Å². The number of nitrogens with one attached hydrogen (secondary N) is 1. The highest BCUT2D eigenvalue weighted by Crippen LogP contribution is 2.22. The molecule has 0 radical (unpaired) electrons. The van der Waals surface area contributed by atoms with Gasteiger partial charge in [-0.3, -0.25) is 10.1 Å². The molecule has 8 heteroatoms. The number of aliphatic hydroxyl groups is 1. The molecule has 0 unspecified atom stereocenters. The molecule has 1 rings (SSSR count). The molecule has 0 fully saturated rings. The topological polar surface area (TPSA) is 84.6 Å². The van der Waals surface area contributed by atoms with Crippen molar-refractivity contribution >= 4 is 5.69 Å². The van der Waals surface area contributed by atoms with Gasteiger partial charge in [-0.1, -0.05) is 0 Å². The van der Waals surface area contributed by atoms with E-state index in [1.54, 1.807) is 0 Å². The van der Waals surface area contributed by atoms with Crippen molar-refractivity contribution in [3.63, 3.8) is 0 Å². The van der Waals surface area contributed by atoms with Crippen molar-refractivity contribution < 1.29 is 23.5 Å². The number of halogens is 2. The second-order valence-corrected chi connectivity index (χ2v) is 3.91. The summed E-state index contributed by atoms with van der Waals surface area (Å²) in [5, 5.41) is 21.5. The predicted octanol–water partition coefficient (Wildman–Crippen LogP) is 1.32. The number of nitro groups is 1.